The Morgan fingerprint density at radius 2 is 1.76 bits per heavy atom. The Labute approximate surface area is 120 Å². The van der Waals surface area contributed by atoms with Crippen LogP contribution in [0.25, 0.3) is 0 Å². The monoisotopic (exact) mass is 296 g/mol. The van der Waals surface area contributed by atoms with Gasteiger partial charge in [0.05, 0.1) is 5.56 Å². The number of alkyl halides is 3. The van der Waals surface area contributed by atoms with Gasteiger partial charge in [0, 0.05) is 19.2 Å². The summed E-state index contributed by atoms with van der Waals surface area (Å²) in [6.45, 7) is 2.93. The van der Waals surface area contributed by atoms with Crippen LogP contribution in [-0.2, 0) is 12.7 Å². The van der Waals surface area contributed by atoms with Crippen molar-refractivity contribution >= 4 is 11.6 Å². The van der Waals surface area contributed by atoms with Crippen molar-refractivity contribution in [3.63, 3.8) is 0 Å². The zero-order valence-electron chi connectivity index (χ0n) is 11.4. The van der Waals surface area contributed by atoms with Gasteiger partial charge in [-0.15, -0.1) is 0 Å². The molecule has 0 saturated heterocycles. The van der Waals surface area contributed by atoms with Crippen LogP contribution in [0, 0.1) is 0 Å². The Kier molecular flexibility index (Phi) is 4.62. The molecule has 7 heteroatoms. The van der Waals surface area contributed by atoms with E-state index >= 15 is 0 Å². The first kappa shape index (κ1) is 15.1. The normalized spacial score (nSPS) is 11.2. The van der Waals surface area contributed by atoms with Crippen LogP contribution in [0.15, 0.2) is 36.7 Å². The molecule has 1 aromatic carbocycles. The molecule has 0 fully saturated rings. The summed E-state index contributed by atoms with van der Waals surface area (Å²) in [6, 6.07) is 6.91. The van der Waals surface area contributed by atoms with Crippen LogP contribution in [-0.4, -0.2) is 16.5 Å². The average molecular weight is 296 g/mol. The van der Waals surface area contributed by atoms with E-state index in [4.69, 9.17) is 0 Å². The topological polar surface area (TPSA) is 49.8 Å². The van der Waals surface area contributed by atoms with E-state index < -0.39 is 11.7 Å². The third-order valence-corrected chi connectivity index (χ3v) is 2.75. The third kappa shape index (κ3) is 4.34. The summed E-state index contributed by atoms with van der Waals surface area (Å²) >= 11 is 0. The summed E-state index contributed by atoms with van der Waals surface area (Å²) in [4.78, 5) is 8.04. The quantitative estimate of drug-likeness (QED) is 0.886. The first-order chi connectivity index (χ1) is 9.99. The highest BCUT2D eigenvalue weighted by Crippen LogP contribution is 2.29. The van der Waals surface area contributed by atoms with Crippen molar-refractivity contribution < 1.29 is 13.2 Å². The molecule has 0 amide bonds. The molecule has 21 heavy (non-hydrogen) atoms. The second-order valence-electron chi connectivity index (χ2n) is 4.37. The molecule has 112 valence electrons. The molecule has 1 aromatic heterocycles. The van der Waals surface area contributed by atoms with Crippen molar-refractivity contribution in [2.75, 3.05) is 17.2 Å². The number of aromatic nitrogens is 2. The Balaban J connectivity index is 2.04. The SMILES string of the molecule is CCNc1cc(NCc2cccc(C(F)(F)F)c2)ncn1. The first-order valence-corrected chi connectivity index (χ1v) is 6.45. The predicted octanol–water partition coefficient (Wildman–Crippen LogP) is 3.54. The Bertz CT molecular complexity index is 599. The zero-order chi connectivity index (χ0) is 15.3. The van der Waals surface area contributed by atoms with Crippen molar-refractivity contribution in [1.29, 1.82) is 0 Å². The minimum absolute atomic E-state index is 0.256. The van der Waals surface area contributed by atoms with Crippen molar-refractivity contribution in [1.82, 2.24) is 9.97 Å². The van der Waals surface area contributed by atoms with Gasteiger partial charge >= 0.3 is 6.18 Å². The van der Waals surface area contributed by atoms with Crippen molar-refractivity contribution in [3.05, 3.63) is 47.8 Å². The number of nitrogens with zero attached hydrogens (tertiary/aromatic N) is 2. The van der Waals surface area contributed by atoms with E-state index in [0.29, 0.717) is 17.2 Å². The second-order valence-corrected chi connectivity index (χ2v) is 4.37. The number of nitrogens with one attached hydrogen (secondary N) is 2. The van der Waals surface area contributed by atoms with Crippen molar-refractivity contribution in [2.24, 2.45) is 0 Å². The van der Waals surface area contributed by atoms with E-state index in [2.05, 4.69) is 20.6 Å². The smallest absolute Gasteiger partial charge is 0.370 e. The van der Waals surface area contributed by atoms with Crippen LogP contribution in [0.4, 0.5) is 24.8 Å². The number of halogens is 3. The van der Waals surface area contributed by atoms with Gasteiger partial charge in [0.25, 0.3) is 0 Å². The molecular formula is C14H15F3N4. The lowest BCUT2D eigenvalue weighted by molar-refractivity contribution is -0.137. The largest absolute Gasteiger partial charge is 0.416 e. The Morgan fingerprint density at radius 1 is 1.05 bits per heavy atom. The number of hydrogen-bond acceptors (Lipinski definition) is 4. The van der Waals surface area contributed by atoms with Gasteiger partial charge in [-0.1, -0.05) is 12.1 Å². The fourth-order valence-electron chi connectivity index (χ4n) is 1.78. The first-order valence-electron chi connectivity index (χ1n) is 6.45. The van der Waals surface area contributed by atoms with E-state index in [9.17, 15) is 13.2 Å². The molecule has 0 spiro atoms. The Morgan fingerprint density at radius 3 is 2.43 bits per heavy atom. The van der Waals surface area contributed by atoms with Gasteiger partial charge in [-0.3, -0.25) is 0 Å². The highest BCUT2D eigenvalue weighted by molar-refractivity contribution is 5.46. The van der Waals surface area contributed by atoms with Crippen LogP contribution in [0.2, 0.25) is 0 Å². The van der Waals surface area contributed by atoms with Gasteiger partial charge in [-0.05, 0) is 24.6 Å². The van der Waals surface area contributed by atoms with Crippen molar-refractivity contribution in [3.8, 4) is 0 Å². The molecule has 0 aliphatic heterocycles. The highest BCUT2D eigenvalue weighted by atomic mass is 19.4. The van der Waals surface area contributed by atoms with E-state index in [1.54, 1.807) is 12.1 Å². The molecule has 0 atom stereocenters. The van der Waals surface area contributed by atoms with Crippen LogP contribution in [0.5, 0.6) is 0 Å². The molecule has 0 unspecified atom stereocenters. The average Bonchev–Trinajstić information content (AvgIpc) is 2.45. The van der Waals surface area contributed by atoms with Gasteiger partial charge in [-0.25, -0.2) is 9.97 Å². The second kappa shape index (κ2) is 6.43. The van der Waals surface area contributed by atoms with Gasteiger partial charge in [-0.2, -0.15) is 13.2 Å². The molecule has 0 aliphatic rings. The maximum Gasteiger partial charge on any atom is 0.416 e. The van der Waals surface area contributed by atoms with E-state index in [0.717, 1.165) is 18.7 Å². The molecule has 0 bridgehead atoms. The predicted molar refractivity (Wildman–Crippen MR) is 75.0 cm³/mol. The summed E-state index contributed by atoms with van der Waals surface area (Å²) < 4.78 is 37.9. The lowest BCUT2D eigenvalue weighted by atomic mass is 10.1. The molecule has 2 rings (SSSR count). The highest BCUT2D eigenvalue weighted by Gasteiger charge is 2.30. The standard InChI is InChI=1S/C14H15F3N4/c1-2-18-12-7-13(21-9-20-12)19-8-10-4-3-5-11(6-10)14(15,16)17/h3-7,9H,2,8H2,1H3,(H2,18,19,20,21). The summed E-state index contributed by atoms with van der Waals surface area (Å²) in [5.74, 6) is 1.22. The summed E-state index contributed by atoms with van der Waals surface area (Å²) in [7, 11) is 0. The molecular weight excluding hydrogens is 281 g/mol. The molecule has 2 aromatic rings. The maximum absolute atomic E-state index is 12.6. The molecule has 4 nitrogen and oxygen atoms in total. The number of hydrogen-bond donors (Lipinski definition) is 2. The molecule has 0 radical (unpaired) electrons. The van der Waals surface area contributed by atoms with Crippen LogP contribution >= 0.6 is 0 Å². The fraction of sp³-hybridized carbons (Fsp3) is 0.286. The minimum Gasteiger partial charge on any atom is -0.370 e. The zero-order valence-corrected chi connectivity index (χ0v) is 11.4. The minimum atomic E-state index is -4.33. The van der Waals surface area contributed by atoms with Crippen molar-refractivity contribution in [2.45, 2.75) is 19.6 Å². The van der Waals surface area contributed by atoms with Gasteiger partial charge < -0.3 is 10.6 Å². The summed E-state index contributed by atoms with van der Waals surface area (Å²) in [5, 5.41) is 6.02. The molecule has 0 aliphatic carbocycles. The maximum atomic E-state index is 12.6. The lowest BCUT2D eigenvalue weighted by Gasteiger charge is -2.10. The van der Waals surface area contributed by atoms with Gasteiger partial charge in [0.1, 0.15) is 18.0 Å². The van der Waals surface area contributed by atoms with Crippen LogP contribution in [0.1, 0.15) is 18.1 Å². The lowest BCUT2D eigenvalue weighted by Crippen LogP contribution is -2.08. The van der Waals surface area contributed by atoms with E-state index in [-0.39, 0.29) is 6.54 Å². The summed E-state index contributed by atoms with van der Waals surface area (Å²) in [5.41, 5.74) is -0.119. The molecule has 2 N–H and O–H groups in total. The number of rotatable bonds is 5. The fourth-order valence-corrected chi connectivity index (χ4v) is 1.78. The van der Waals surface area contributed by atoms with E-state index in [1.165, 1.54) is 12.4 Å². The third-order valence-electron chi connectivity index (χ3n) is 2.75. The Hall–Kier alpha value is -2.31. The van der Waals surface area contributed by atoms with Crippen LogP contribution < -0.4 is 10.6 Å². The molecule has 0 saturated carbocycles. The van der Waals surface area contributed by atoms with Crippen LogP contribution in [0.3, 0.4) is 0 Å². The molecule has 1 heterocycles. The van der Waals surface area contributed by atoms with Gasteiger partial charge in [0.2, 0.25) is 0 Å². The number of benzene rings is 1. The number of anilines is 2. The van der Waals surface area contributed by atoms with Gasteiger partial charge in [0.15, 0.2) is 0 Å². The van der Waals surface area contributed by atoms with E-state index in [1.807, 2.05) is 6.92 Å². The summed E-state index contributed by atoms with van der Waals surface area (Å²) in [6.07, 6.45) is -2.93.